The smallest absolute Gasteiger partial charge is 0.111 e. The van der Waals surface area contributed by atoms with Crippen LogP contribution in [0.3, 0.4) is 0 Å². The average molecular weight is 170 g/mol. The molecule has 0 aromatic carbocycles. The lowest BCUT2D eigenvalue weighted by atomic mass is 9.96. The van der Waals surface area contributed by atoms with Crippen molar-refractivity contribution in [3.63, 3.8) is 0 Å². The number of aromatic nitrogens is 2. The SMILES string of the molecule is CC.Cc1cnc(C(C)(C)C)[nH]1.[HH]. The molecular formula is C10H22N2. The van der Waals surface area contributed by atoms with Crippen LogP contribution in [-0.4, -0.2) is 9.97 Å². The van der Waals surface area contributed by atoms with Crippen molar-refractivity contribution in [3.05, 3.63) is 17.7 Å². The van der Waals surface area contributed by atoms with Crippen LogP contribution < -0.4 is 0 Å². The standard InChI is InChI=1S/C8H14N2.C2H6.H2/c1-6-5-9-7(10-6)8(2,3)4;1-2;/h5H,1-4H3,(H,9,10);1-2H3;1H. The summed E-state index contributed by atoms with van der Waals surface area (Å²) < 4.78 is 0. The van der Waals surface area contributed by atoms with Crippen LogP contribution in [0.2, 0.25) is 0 Å². The van der Waals surface area contributed by atoms with Gasteiger partial charge in [-0.2, -0.15) is 0 Å². The maximum atomic E-state index is 4.23. The summed E-state index contributed by atoms with van der Waals surface area (Å²) in [6, 6.07) is 0. The molecule has 0 unspecified atom stereocenters. The van der Waals surface area contributed by atoms with E-state index in [-0.39, 0.29) is 6.84 Å². The number of H-pyrrole nitrogens is 1. The topological polar surface area (TPSA) is 28.7 Å². The molecule has 0 spiro atoms. The highest BCUT2D eigenvalue weighted by Crippen LogP contribution is 2.17. The predicted molar refractivity (Wildman–Crippen MR) is 55.5 cm³/mol. The molecule has 0 aliphatic heterocycles. The van der Waals surface area contributed by atoms with E-state index in [2.05, 4.69) is 30.7 Å². The van der Waals surface area contributed by atoms with E-state index in [9.17, 15) is 0 Å². The van der Waals surface area contributed by atoms with E-state index in [1.807, 2.05) is 27.0 Å². The van der Waals surface area contributed by atoms with Crippen molar-refractivity contribution in [1.82, 2.24) is 9.97 Å². The van der Waals surface area contributed by atoms with Crippen LogP contribution in [0, 0.1) is 6.92 Å². The molecule has 0 amide bonds. The minimum absolute atomic E-state index is 0. The van der Waals surface area contributed by atoms with Gasteiger partial charge in [0.1, 0.15) is 5.82 Å². The quantitative estimate of drug-likeness (QED) is 0.636. The van der Waals surface area contributed by atoms with Gasteiger partial charge in [0.2, 0.25) is 0 Å². The van der Waals surface area contributed by atoms with Crippen molar-refractivity contribution >= 4 is 0 Å². The van der Waals surface area contributed by atoms with Crippen molar-refractivity contribution in [3.8, 4) is 0 Å². The first-order valence-corrected chi connectivity index (χ1v) is 4.52. The molecule has 0 aliphatic rings. The van der Waals surface area contributed by atoms with E-state index < -0.39 is 0 Å². The molecule has 1 heterocycles. The number of aromatic amines is 1. The van der Waals surface area contributed by atoms with Gasteiger partial charge in [0, 0.05) is 18.7 Å². The van der Waals surface area contributed by atoms with Crippen LogP contribution in [0.15, 0.2) is 6.20 Å². The molecule has 1 aromatic rings. The summed E-state index contributed by atoms with van der Waals surface area (Å²) in [7, 11) is 0. The van der Waals surface area contributed by atoms with Gasteiger partial charge >= 0.3 is 0 Å². The summed E-state index contributed by atoms with van der Waals surface area (Å²) in [5.41, 5.74) is 1.28. The molecule has 1 rings (SSSR count). The third kappa shape index (κ3) is 3.07. The van der Waals surface area contributed by atoms with Crippen LogP contribution >= 0.6 is 0 Å². The highest BCUT2D eigenvalue weighted by molar-refractivity contribution is 5.06. The Morgan fingerprint density at radius 1 is 1.33 bits per heavy atom. The second kappa shape index (κ2) is 4.29. The monoisotopic (exact) mass is 170 g/mol. The highest BCUT2D eigenvalue weighted by Gasteiger charge is 2.15. The molecular weight excluding hydrogens is 148 g/mol. The minimum atomic E-state index is 0. The molecule has 0 bridgehead atoms. The zero-order valence-electron chi connectivity index (χ0n) is 9.02. The molecule has 72 valence electrons. The van der Waals surface area contributed by atoms with Crippen molar-refractivity contribution in [2.75, 3.05) is 0 Å². The van der Waals surface area contributed by atoms with Gasteiger partial charge in [-0.3, -0.25) is 0 Å². The Kier molecular flexibility index (Phi) is 4.01. The number of rotatable bonds is 0. The first kappa shape index (κ1) is 11.2. The summed E-state index contributed by atoms with van der Waals surface area (Å²) >= 11 is 0. The van der Waals surface area contributed by atoms with Crippen LogP contribution in [0.1, 0.15) is 47.6 Å². The number of nitrogens with zero attached hydrogens (tertiary/aromatic N) is 1. The van der Waals surface area contributed by atoms with E-state index in [4.69, 9.17) is 0 Å². The van der Waals surface area contributed by atoms with Gasteiger partial charge in [-0.1, -0.05) is 34.6 Å². The molecule has 1 aromatic heterocycles. The Hall–Kier alpha value is -0.790. The summed E-state index contributed by atoms with van der Waals surface area (Å²) in [6.07, 6.45) is 1.86. The molecule has 0 saturated heterocycles. The van der Waals surface area contributed by atoms with Crippen molar-refractivity contribution < 1.29 is 1.43 Å². The van der Waals surface area contributed by atoms with E-state index in [0.29, 0.717) is 0 Å². The Morgan fingerprint density at radius 3 is 2.00 bits per heavy atom. The summed E-state index contributed by atoms with van der Waals surface area (Å²) in [6.45, 7) is 12.4. The van der Waals surface area contributed by atoms with E-state index in [1.54, 1.807) is 0 Å². The van der Waals surface area contributed by atoms with Gasteiger partial charge in [0.05, 0.1) is 0 Å². The van der Waals surface area contributed by atoms with E-state index >= 15 is 0 Å². The molecule has 0 atom stereocenters. The molecule has 0 aliphatic carbocycles. The molecule has 0 saturated carbocycles. The first-order chi connectivity index (χ1) is 5.50. The number of imidazole rings is 1. The summed E-state index contributed by atoms with van der Waals surface area (Å²) in [5, 5.41) is 0. The van der Waals surface area contributed by atoms with Gasteiger partial charge < -0.3 is 4.98 Å². The molecule has 2 heteroatoms. The predicted octanol–water partition coefficient (Wildman–Crippen LogP) is 3.29. The van der Waals surface area contributed by atoms with Crippen LogP contribution in [-0.2, 0) is 5.41 Å². The third-order valence-electron chi connectivity index (χ3n) is 1.41. The maximum absolute atomic E-state index is 4.23. The molecule has 2 nitrogen and oxygen atoms in total. The number of hydrogen-bond acceptors (Lipinski definition) is 1. The van der Waals surface area contributed by atoms with Crippen molar-refractivity contribution in [2.24, 2.45) is 0 Å². The van der Waals surface area contributed by atoms with Crippen molar-refractivity contribution in [1.29, 1.82) is 0 Å². The van der Waals surface area contributed by atoms with E-state index in [1.165, 1.54) is 0 Å². The first-order valence-electron chi connectivity index (χ1n) is 4.52. The maximum Gasteiger partial charge on any atom is 0.111 e. The molecule has 0 radical (unpaired) electrons. The average Bonchev–Trinajstić information content (AvgIpc) is 2.39. The van der Waals surface area contributed by atoms with Gasteiger partial charge in [-0.15, -0.1) is 0 Å². The fraction of sp³-hybridized carbons (Fsp3) is 0.700. The number of aryl methyl sites for hydroxylation is 1. The van der Waals surface area contributed by atoms with Gasteiger partial charge in [0.15, 0.2) is 0 Å². The zero-order valence-corrected chi connectivity index (χ0v) is 9.02. The summed E-state index contributed by atoms with van der Waals surface area (Å²) in [4.78, 5) is 7.44. The van der Waals surface area contributed by atoms with Crippen LogP contribution in [0.4, 0.5) is 0 Å². The lowest BCUT2D eigenvalue weighted by Gasteiger charge is -2.13. The number of hydrogen-bond donors (Lipinski definition) is 1. The number of nitrogens with one attached hydrogen (secondary N) is 1. The minimum Gasteiger partial charge on any atom is -0.346 e. The summed E-state index contributed by atoms with van der Waals surface area (Å²) in [5.74, 6) is 1.06. The molecule has 1 N–H and O–H groups in total. The lowest BCUT2D eigenvalue weighted by molar-refractivity contribution is 0.552. The molecule has 0 fully saturated rings. The normalized spacial score (nSPS) is 10.5. The van der Waals surface area contributed by atoms with Gasteiger partial charge in [-0.25, -0.2) is 4.98 Å². The van der Waals surface area contributed by atoms with Gasteiger partial charge in [0.25, 0.3) is 0 Å². The van der Waals surface area contributed by atoms with Crippen molar-refractivity contribution in [2.45, 2.75) is 47.0 Å². The van der Waals surface area contributed by atoms with E-state index in [0.717, 1.165) is 11.5 Å². The Bertz CT molecular complexity index is 223. The largest absolute Gasteiger partial charge is 0.346 e. The zero-order chi connectivity index (χ0) is 9.78. The Labute approximate surface area is 76.9 Å². The second-order valence-electron chi connectivity index (χ2n) is 3.66. The third-order valence-corrected chi connectivity index (χ3v) is 1.41. The fourth-order valence-corrected chi connectivity index (χ4v) is 0.794. The molecule has 12 heavy (non-hydrogen) atoms. The second-order valence-corrected chi connectivity index (χ2v) is 3.66. The van der Waals surface area contributed by atoms with Gasteiger partial charge in [-0.05, 0) is 6.92 Å². The Morgan fingerprint density at radius 2 is 1.83 bits per heavy atom. The Balaban J connectivity index is 0. The fourth-order valence-electron chi connectivity index (χ4n) is 0.794. The highest BCUT2D eigenvalue weighted by atomic mass is 14.9. The van der Waals surface area contributed by atoms with Crippen LogP contribution in [0.25, 0.3) is 0 Å². The lowest BCUT2D eigenvalue weighted by Crippen LogP contribution is -2.13. The van der Waals surface area contributed by atoms with Crippen LogP contribution in [0.5, 0.6) is 0 Å².